The second-order valence-corrected chi connectivity index (χ2v) is 6.66. The van der Waals surface area contributed by atoms with Gasteiger partial charge in [-0.3, -0.25) is 9.80 Å². The Morgan fingerprint density at radius 1 is 1.06 bits per heavy atom. The summed E-state index contributed by atoms with van der Waals surface area (Å²) in [5.41, 5.74) is 0.254. The van der Waals surface area contributed by atoms with Crippen LogP contribution < -0.4 is 5.32 Å². The second-order valence-electron chi connectivity index (χ2n) is 6.66. The number of nitrogens with zero attached hydrogens (tertiary/aromatic N) is 2. The van der Waals surface area contributed by atoms with E-state index in [9.17, 15) is 0 Å². The van der Waals surface area contributed by atoms with Crippen LogP contribution in [0.5, 0.6) is 0 Å². The van der Waals surface area contributed by atoms with Gasteiger partial charge >= 0.3 is 0 Å². The van der Waals surface area contributed by atoms with Crippen LogP contribution in [0.25, 0.3) is 0 Å². The molecule has 0 amide bonds. The first kappa shape index (κ1) is 14.3. The van der Waals surface area contributed by atoms with Gasteiger partial charge in [0, 0.05) is 44.3 Å². The van der Waals surface area contributed by atoms with Crippen molar-refractivity contribution in [2.45, 2.75) is 58.0 Å². The van der Waals surface area contributed by atoms with Gasteiger partial charge in [-0.05, 0) is 33.2 Å². The molecule has 3 nitrogen and oxygen atoms in total. The quantitative estimate of drug-likeness (QED) is 0.808. The van der Waals surface area contributed by atoms with Crippen LogP contribution in [0.3, 0.4) is 0 Å². The van der Waals surface area contributed by atoms with Crippen LogP contribution in [-0.2, 0) is 0 Å². The van der Waals surface area contributed by atoms with Crippen molar-refractivity contribution in [1.29, 1.82) is 0 Å². The largest absolute Gasteiger partial charge is 0.311 e. The summed E-state index contributed by atoms with van der Waals surface area (Å²) in [5.74, 6) is 0. The van der Waals surface area contributed by atoms with Crippen LogP contribution in [0.2, 0.25) is 0 Å². The number of piperazine rings is 1. The number of nitrogens with one attached hydrogen (secondary N) is 1. The lowest BCUT2D eigenvalue weighted by Gasteiger charge is -2.41. The highest BCUT2D eigenvalue weighted by atomic mass is 15.3. The fourth-order valence-electron chi connectivity index (χ4n) is 3.65. The van der Waals surface area contributed by atoms with Gasteiger partial charge in [-0.25, -0.2) is 0 Å². The second kappa shape index (κ2) is 6.36. The number of likely N-dealkylation sites (N-methyl/N-ethyl adjacent to an activating group) is 1. The topological polar surface area (TPSA) is 18.5 Å². The molecule has 1 heterocycles. The Morgan fingerprint density at radius 3 is 2.22 bits per heavy atom. The maximum Gasteiger partial charge on any atom is 0.0252 e. The van der Waals surface area contributed by atoms with Crippen molar-refractivity contribution in [2.75, 3.05) is 39.3 Å². The zero-order valence-corrected chi connectivity index (χ0v) is 12.5. The Bertz CT molecular complexity index is 238. The molecule has 0 spiro atoms. The number of hydrogen-bond donors (Lipinski definition) is 1. The van der Waals surface area contributed by atoms with Crippen molar-refractivity contribution in [3.8, 4) is 0 Å². The minimum Gasteiger partial charge on any atom is -0.311 e. The number of hydrogen-bond acceptors (Lipinski definition) is 3. The average Bonchev–Trinajstić information content (AvgIpc) is 2.82. The molecule has 18 heavy (non-hydrogen) atoms. The predicted molar refractivity (Wildman–Crippen MR) is 78.0 cm³/mol. The first-order valence-corrected chi connectivity index (χ1v) is 7.82. The Balaban J connectivity index is 1.72. The molecule has 0 radical (unpaired) electrons. The highest BCUT2D eigenvalue weighted by Gasteiger charge is 2.28. The summed E-state index contributed by atoms with van der Waals surface area (Å²) >= 11 is 0. The lowest BCUT2D eigenvalue weighted by atomic mass is 10.0. The third-order valence-corrected chi connectivity index (χ3v) is 4.52. The van der Waals surface area contributed by atoms with Crippen molar-refractivity contribution in [3.05, 3.63) is 0 Å². The molecule has 3 heteroatoms. The van der Waals surface area contributed by atoms with Gasteiger partial charge in [0.15, 0.2) is 0 Å². The van der Waals surface area contributed by atoms with E-state index < -0.39 is 0 Å². The molecule has 0 aromatic heterocycles. The number of rotatable bonds is 5. The summed E-state index contributed by atoms with van der Waals surface area (Å²) in [6.07, 6.45) is 5.81. The molecule has 2 rings (SSSR count). The Kier molecular flexibility index (Phi) is 5.05. The molecule has 1 saturated heterocycles. The average molecular weight is 253 g/mol. The van der Waals surface area contributed by atoms with Gasteiger partial charge in [-0.2, -0.15) is 0 Å². The molecule has 0 atom stereocenters. The molecule has 0 bridgehead atoms. The molecule has 1 aliphatic heterocycles. The smallest absolute Gasteiger partial charge is 0.0252 e. The Morgan fingerprint density at radius 2 is 1.67 bits per heavy atom. The molecule has 0 aromatic rings. The molecule has 2 aliphatic rings. The molecule has 1 saturated carbocycles. The monoisotopic (exact) mass is 253 g/mol. The third kappa shape index (κ3) is 3.94. The SMILES string of the molecule is CCNC(C)(C)CN1CCN(C2CCCC2)CC1. The molecule has 2 fully saturated rings. The van der Waals surface area contributed by atoms with E-state index in [0.29, 0.717) is 0 Å². The highest BCUT2D eigenvalue weighted by Crippen LogP contribution is 2.24. The maximum absolute atomic E-state index is 3.58. The summed E-state index contributed by atoms with van der Waals surface area (Å²) in [5, 5.41) is 3.58. The van der Waals surface area contributed by atoms with E-state index in [-0.39, 0.29) is 5.54 Å². The van der Waals surface area contributed by atoms with Crippen molar-refractivity contribution < 1.29 is 0 Å². The van der Waals surface area contributed by atoms with Gasteiger partial charge in [0.25, 0.3) is 0 Å². The standard InChI is InChI=1S/C15H31N3/c1-4-16-15(2,3)13-17-9-11-18(12-10-17)14-7-5-6-8-14/h14,16H,4-13H2,1-3H3. The third-order valence-electron chi connectivity index (χ3n) is 4.52. The van der Waals surface area contributed by atoms with E-state index in [1.54, 1.807) is 0 Å². The molecule has 0 aromatic carbocycles. The van der Waals surface area contributed by atoms with Crippen LogP contribution in [0.1, 0.15) is 46.5 Å². The van der Waals surface area contributed by atoms with Crippen molar-refractivity contribution in [1.82, 2.24) is 15.1 Å². The fraction of sp³-hybridized carbons (Fsp3) is 1.00. The van der Waals surface area contributed by atoms with Gasteiger partial charge in [0.05, 0.1) is 0 Å². The van der Waals surface area contributed by atoms with Gasteiger partial charge in [-0.15, -0.1) is 0 Å². The first-order valence-electron chi connectivity index (χ1n) is 7.82. The van der Waals surface area contributed by atoms with Crippen LogP contribution in [0, 0.1) is 0 Å². The zero-order valence-electron chi connectivity index (χ0n) is 12.5. The van der Waals surface area contributed by atoms with Gasteiger partial charge in [0.1, 0.15) is 0 Å². The van der Waals surface area contributed by atoms with Gasteiger partial charge in [0.2, 0.25) is 0 Å². The summed E-state index contributed by atoms with van der Waals surface area (Å²) in [4.78, 5) is 5.37. The van der Waals surface area contributed by atoms with Crippen LogP contribution >= 0.6 is 0 Å². The summed E-state index contributed by atoms with van der Waals surface area (Å²) < 4.78 is 0. The summed E-state index contributed by atoms with van der Waals surface area (Å²) in [6, 6.07) is 0.911. The van der Waals surface area contributed by atoms with E-state index in [1.165, 1.54) is 58.4 Å². The van der Waals surface area contributed by atoms with Crippen LogP contribution in [0.15, 0.2) is 0 Å². The molecule has 1 aliphatic carbocycles. The Labute approximate surface area is 113 Å². The van der Waals surface area contributed by atoms with Crippen molar-refractivity contribution >= 4 is 0 Å². The lowest BCUT2D eigenvalue weighted by molar-refractivity contribution is 0.0817. The minimum absolute atomic E-state index is 0.254. The van der Waals surface area contributed by atoms with Crippen molar-refractivity contribution in [2.24, 2.45) is 0 Å². The van der Waals surface area contributed by atoms with Crippen molar-refractivity contribution in [3.63, 3.8) is 0 Å². The summed E-state index contributed by atoms with van der Waals surface area (Å²) in [7, 11) is 0. The molecular weight excluding hydrogens is 222 g/mol. The fourth-order valence-corrected chi connectivity index (χ4v) is 3.65. The van der Waals surface area contributed by atoms with Gasteiger partial charge in [-0.1, -0.05) is 19.8 Å². The van der Waals surface area contributed by atoms with E-state index in [1.807, 2.05) is 0 Å². The van der Waals surface area contributed by atoms with Gasteiger partial charge < -0.3 is 5.32 Å². The lowest BCUT2D eigenvalue weighted by Crippen LogP contribution is -2.55. The zero-order chi connectivity index (χ0) is 13.0. The van der Waals surface area contributed by atoms with Crippen LogP contribution in [0.4, 0.5) is 0 Å². The van der Waals surface area contributed by atoms with E-state index in [0.717, 1.165) is 12.6 Å². The van der Waals surface area contributed by atoms with Crippen LogP contribution in [-0.4, -0.2) is 60.6 Å². The highest BCUT2D eigenvalue weighted by molar-refractivity contribution is 4.86. The molecule has 1 N–H and O–H groups in total. The van der Waals surface area contributed by atoms with E-state index >= 15 is 0 Å². The predicted octanol–water partition coefficient (Wildman–Crippen LogP) is 1.93. The maximum atomic E-state index is 3.58. The summed E-state index contributed by atoms with van der Waals surface area (Å²) in [6.45, 7) is 14.2. The first-order chi connectivity index (χ1) is 8.61. The molecular formula is C15H31N3. The molecule has 106 valence electrons. The minimum atomic E-state index is 0.254. The van der Waals surface area contributed by atoms with E-state index in [2.05, 4.69) is 35.9 Å². The van der Waals surface area contributed by atoms with E-state index in [4.69, 9.17) is 0 Å². The normalized spacial score (nSPS) is 24.8. The Hall–Kier alpha value is -0.120. The molecule has 0 unspecified atom stereocenters.